The van der Waals surface area contributed by atoms with Crippen LogP contribution in [-0.4, -0.2) is 22.9 Å². The van der Waals surface area contributed by atoms with Crippen molar-refractivity contribution in [3.8, 4) is 11.3 Å². The highest BCUT2D eigenvalue weighted by Crippen LogP contribution is 2.36. The van der Waals surface area contributed by atoms with Crippen molar-refractivity contribution in [1.29, 1.82) is 0 Å². The van der Waals surface area contributed by atoms with E-state index in [1.165, 1.54) is 43.2 Å². The van der Waals surface area contributed by atoms with E-state index in [-0.39, 0.29) is 23.3 Å². The van der Waals surface area contributed by atoms with E-state index in [0.717, 1.165) is 23.5 Å². The lowest BCUT2D eigenvalue weighted by atomic mass is 9.79. The van der Waals surface area contributed by atoms with E-state index in [9.17, 15) is 9.59 Å². The first kappa shape index (κ1) is 26.1. The molecule has 1 aliphatic carbocycles. The Labute approximate surface area is 205 Å². The highest BCUT2D eigenvalue weighted by Gasteiger charge is 2.25. The maximum Gasteiger partial charge on any atom is 0.253 e. The molecule has 1 saturated carbocycles. The van der Waals surface area contributed by atoms with Crippen LogP contribution in [0, 0.1) is 12.8 Å². The summed E-state index contributed by atoms with van der Waals surface area (Å²) in [7, 11) is 0. The molecular weight excluding hydrogens is 422 g/mol. The number of rotatable bonds is 6. The summed E-state index contributed by atoms with van der Waals surface area (Å²) >= 11 is 0. The summed E-state index contributed by atoms with van der Waals surface area (Å²) in [6, 6.07) is 8.90. The molecule has 1 heterocycles. The summed E-state index contributed by atoms with van der Waals surface area (Å²) in [5.74, 6) is -0.170. The largest absolute Gasteiger partial charge is 0.368 e. The van der Waals surface area contributed by atoms with E-state index in [4.69, 9.17) is 5.73 Å². The number of aromatic nitrogens is 1. The van der Waals surface area contributed by atoms with Gasteiger partial charge >= 0.3 is 0 Å². The molecular formula is C29H43N3O2. The van der Waals surface area contributed by atoms with Gasteiger partial charge in [-0.1, -0.05) is 66.9 Å². The van der Waals surface area contributed by atoms with Crippen molar-refractivity contribution < 1.29 is 9.59 Å². The van der Waals surface area contributed by atoms with Crippen molar-refractivity contribution in [2.75, 3.05) is 6.54 Å². The molecule has 1 aromatic carbocycles. The molecule has 1 aromatic heterocycles. The van der Waals surface area contributed by atoms with Crippen molar-refractivity contribution in [3.63, 3.8) is 0 Å². The Hall–Kier alpha value is -2.56. The molecule has 3 rings (SSSR count). The van der Waals surface area contributed by atoms with Crippen molar-refractivity contribution >= 4 is 11.8 Å². The average Bonchev–Trinajstić information content (AvgIpc) is 3.07. The van der Waals surface area contributed by atoms with Gasteiger partial charge in [0, 0.05) is 17.9 Å². The minimum absolute atomic E-state index is 0.00748. The standard InChI is InChI=1S/C29H43N3O2/c1-19-24(27(34)31-17-26(30)33)16-25(32(19)18-20-11-9-8-10-12-20)21-13-22(28(2,3)4)15-23(14-21)29(5,6)7/h13-16,20H,8-12,17-18H2,1-7H3,(H2,30,33)(H,31,34). The highest BCUT2D eigenvalue weighted by molar-refractivity contribution is 5.98. The molecule has 3 N–H and O–H groups in total. The number of benzene rings is 1. The highest BCUT2D eigenvalue weighted by atomic mass is 16.2. The van der Waals surface area contributed by atoms with Crippen molar-refractivity contribution in [2.24, 2.45) is 11.7 Å². The third-order valence-corrected chi connectivity index (χ3v) is 7.16. The predicted molar refractivity (Wildman–Crippen MR) is 140 cm³/mol. The summed E-state index contributed by atoms with van der Waals surface area (Å²) in [6.07, 6.45) is 6.34. The first-order valence-electron chi connectivity index (χ1n) is 12.7. The van der Waals surface area contributed by atoms with Crippen LogP contribution in [0.3, 0.4) is 0 Å². The van der Waals surface area contributed by atoms with Crippen LogP contribution in [0.1, 0.15) is 101 Å². The number of nitrogens with two attached hydrogens (primary N) is 1. The Morgan fingerprint density at radius 3 is 2.00 bits per heavy atom. The summed E-state index contributed by atoms with van der Waals surface area (Å²) in [6.45, 7) is 16.2. The molecule has 0 spiro atoms. The van der Waals surface area contributed by atoms with Gasteiger partial charge in [-0.15, -0.1) is 0 Å². The minimum atomic E-state index is -0.541. The van der Waals surface area contributed by atoms with Crippen LogP contribution in [0.4, 0.5) is 0 Å². The lowest BCUT2D eigenvalue weighted by Gasteiger charge is -2.27. The van der Waals surface area contributed by atoms with Gasteiger partial charge in [0.25, 0.3) is 5.91 Å². The Morgan fingerprint density at radius 2 is 1.50 bits per heavy atom. The monoisotopic (exact) mass is 465 g/mol. The summed E-state index contributed by atoms with van der Waals surface area (Å²) < 4.78 is 2.34. The van der Waals surface area contributed by atoms with Crippen LogP contribution in [0.15, 0.2) is 24.3 Å². The van der Waals surface area contributed by atoms with Crippen molar-refractivity contribution in [2.45, 2.75) is 97.9 Å². The molecule has 0 aliphatic heterocycles. The zero-order valence-electron chi connectivity index (χ0n) is 22.2. The van der Waals surface area contributed by atoms with Crippen LogP contribution in [-0.2, 0) is 22.2 Å². The van der Waals surface area contributed by atoms with Crippen LogP contribution in [0.25, 0.3) is 11.3 Å². The van der Waals surface area contributed by atoms with Crippen LogP contribution >= 0.6 is 0 Å². The van der Waals surface area contributed by atoms with Gasteiger partial charge in [0.05, 0.1) is 12.1 Å². The van der Waals surface area contributed by atoms with Crippen LogP contribution < -0.4 is 11.1 Å². The number of nitrogens with one attached hydrogen (secondary N) is 1. The maximum absolute atomic E-state index is 13.0. The molecule has 0 unspecified atom stereocenters. The zero-order valence-corrected chi connectivity index (χ0v) is 22.2. The van der Waals surface area contributed by atoms with Crippen LogP contribution in [0.2, 0.25) is 0 Å². The second-order valence-electron chi connectivity index (χ2n) is 12.1. The summed E-state index contributed by atoms with van der Waals surface area (Å²) in [5, 5.41) is 2.68. The molecule has 186 valence electrons. The molecule has 2 aromatic rings. The number of carbonyl (C=O) groups excluding carboxylic acids is 2. The smallest absolute Gasteiger partial charge is 0.253 e. The van der Waals surface area contributed by atoms with Crippen LogP contribution in [0.5, 0.6) is 0 Å². The Bertz CT molecular complexity index is 1010. The van der Waals surface area contributed by atoms with E-state index in [2.05, 4.69) is 69.6 Å². The molecule has 0 saturated heterocycles. The van der Waals surface area contributed by atoms with E-state index >= 15 is 0 Å². The molecule has 34 heavy (non-hydrogen) atoms. The molecule has 0 atom stereocenters. The van der Waals surface area contributed by atoms with Crippen molar-refractivity contribution in [3.05, 3.63) is 46.6 Å². The fraction of sp³-hybridized carbons (Fsp3) is 0.586. The number of hydrogen-bond donors (Lipinski definition) is 2. The number of hydrogen-bond acceptors (Lipinski definition) is 2. The molecule has 1 aliphatic rings. The SMILES string of the molecule is Cc1c(C(=O)NCC(N)=O)cc(-c2cc(C(C)(C)C)cc(C(C)(C)C)c2)n1CC1CCCCC1. The van der Waals surface area contributed by atoms with Gasteiger partial charge in [0.1, 0.15) is 0 Å². The van der Waals surface area contributed by atoms with Gasteiger partial charge < -0.3 is 15.6 Å². The van der Waals surface area contributed by atoms with E-state index in [1.807, 2.05) is 13.0 Å². The Kier molecular flexibility index (Phi) is 7.64. The molecule has 5 heteroatoms. The predicted octanol–water partition coefficient (Wildman–Crippen LogP) is 5.85. The molecule has 0 bridgehead atoms. The average molecular weight is 466 g/mol. The molecule has 1 fully saturated rings. The number of nitrogens with zero attached hydrogens (tertiary/aromatic N) is 1. The topological polar surface area (TPSA) is 77.1 Å². The second-order valence-corrected chi connectivity index (χ2v) is 12.1. The maximum atomic E-state index is 13.0. The van der Waals surface area contributed by atoms with Gasteiger partial charge in [-0.3, -0.25) is 9.59 Å². The molecule has 0 radical (unpaired) electrons. The van der Waals surface area contributed by atoms with E-state index in [0.29, 0.717) is 11.5 Å². The quantitative estimate of drug-likeness (QED) is 0.561. The lowest BCUT2D eigenvalue weighted by molar-refractivity contribution is -0.117. The van der Waals surface area contributed by atoms with Gasteiger partial charge in [0.15, 0.2) is 0 Å². The van der Waals surface area contributed by atoms with Gasteiger partial charge in [-0.2, -0.15) is 0 Å². The summed E-state index contributed by atoms with van der Waals surface area (Å²) in [5.41, 5.74) is 11.6. The first-order chi connectivity index (χ1) is 15.8. The minimum Gasteiger partial charge on any atom is -0.368 e. The van der Waals surface area contributed by atoms with E-state index in [1.54, 1.807) is 0 Å². The zero-order chi connectivity index (χ0) is 25.3. The fourth-order valence-electron chi connectivity index (χ4n) is 4.88. The normalized spacial score (nSPS) is 15.4. The van der Waals surface area contributed by atoms with E-state index < -0.39 is 5.91 Å². The number of amides is 2. The van der Waals surface area contributed by atoms with Crippen molar-refractivity contribution in [1.82, 2.24) is 9.88 Å². The molecule has 2 amide bonds. The van der Waals surface area contributed by atoms with Gasteiger partial charge in [-0.25, -0.2) is 0 Å². The number of primary amides is 1. The third kappa shape index (κ3) is 6.11. The van der Waals surface area contributed by atoms with Gasteiger partial charge in [0.2, 0.25) is 5.91 Å². The second kappa shape index (κ2) is 9.97. The number of carbonyl (C=O) groups is 2. The van der Waals surface area contributed by atoms with Gasteiger partial charge in [-0.05, 0) is 71.4 Å². The Balaban J connectivity index is 2.16. The lowest BCUT2D eigenvalue weighted by Crippen LogP contribution is -2.33. The third-order valence-electron chi connectivity index (χ3n) is 7.16. The first-order valence-corrected chi connectivity index (χ1v) is 12.7. The summed E-state index contributed by atoms with van der Waals surface area (Å²) in [4.78, 5) is 24.2. The molecule has 5 nitrogen and oxygen atoms in total. The Morgan fingerprint density at radius 1 is 0.941 bits per heavy atom. The fourth-order valence-corrected chi connectivity index (χ4v) is 4.88.